The number of ether oxygens (including phenoxy) is 2. The van der Waals surface area contributed by atoms with Crippen LogP contribution in [0.4, 0.5) is 0 Å². The number of carbonyl (C=O) groups is 1. The second-order valence-corrected chi connectivity index (χ2v) is 11.0. The van der Waals surface area contributed by atoms with Gasteiger partial charge in [-0.25, -0.2) is 0 Å². The van der Waals surface area contributed by atoms with Gasteiger partial charge in [0.05, 0.1) is 30.1 Å². The monoisotopic (exact) mass is 594 g/mol. The molecule has 11 heteroatoms. The molecule has 0 radical (unpaired) electrons. The first-order valence-corrected chi connectivity index (χ1v) is 14.9. The van der Waals surface area contributed by atoms with Crippen molar-refractivity contribution in [3.05, 3.63) is 131 Å². The molecule has 0 unspecified atom stereocenters. The minimum atomic E-state index is -0.592. The number of aliphatic hydroxyl groups excluding tert-OH is 1. The number of benzene rings is 3. The maximum atomic E-state index is 12.4. The number of pyridine rings is 1. The van der Waals surface area contributed by atoms with E-state index in [4.69, 9.17) is 9.47 Å². The minimum Gasteiger partial charge on any atom is -0.392 e. The topological polar surface area (TPSA) is 124 Å². The second-order valence-electron chi connectivity index (χ2n) is 10.0. The molecule has 2 N–H and O–H groups in total. The van der Waals surface area contributed by atoms with Crippen molar-refractivity contribution in [3.8, 4) is 5.69 Å². The van der Waals surface area contributed by atoms with Gasteiger partial charge in [0.25, 0.3) is 5.91 Å². The number of aromatic nitrogens is 5. The van der Waals surface area contributed by atoms with Crippen LogP contribution in [0.2, 0.25) is 0 Å². The molecule has 3 heterocycles. The first-order valence-electron chi connectivity index (χ1n) is 13.9. The Morgan fingerprint density at radius 2 is 1.70 bits per heavy atom. The van der Waals surface area contributed by atoms with E-state index in [1.807, 2.05) is 78.9 Å². The number of carbonyl (C=O) groups excluding carboxylic acids is 1. The summed E-state index contributed by atoms with van der Waals surface area (Å²) in [4.78, 5) is 16.4. The number of tetrazole rings is 1. The number of rotatable bonds is 10. The van der Waals surface area contributed by atoms with Crippen molar-refractivity contribution < 1.29 is 19.4 Å². The number of amides is 1. The third-order valence-corrected chi connectivity index (χ3v) is 8.13. The van der Waals surface area contributed by atoms with E-state index in [1.54, 1.807) is 29.2 Å². The van der Waals surface area contributed by atoms with Gasteiger partial charge in [0.15, 0.2) is 6.29 Å². The van der Waals surface area contributed by atoms with E-state index in [0.29, 0.717) is 29.4 Å². The molecule has 0 spiro atoms. The predicted molar refractivity (Wildman–Crippen MR) is 160 cm³/mol. The highest BCUT2D eigenvalue weighted by Crippen LogP contribution is 2.39. The van der Waals surface area contributed by atoms with Crippen molar-refractivity contribution in [3.63, 3.8) is 0 Å². The number of thioether (sulfide) groups is 1. The lowest BCUT2D eigenvalue weighted by atomic mass is 10.0. The van der Waals surface area contributed by atoms with Crippen LogP contribution in [0, 0.1) is 0 Å². The van der Waals surface area contributed by atoms with Gasteiger partial charge in [-0.2, -0.15) is 4.68 Å². The van der Waals surface area contributed by atoms with Gasteiger partial charge in [-0.3, -0.25) is 9.78 Å². The zero-order valence-electron chi connectivity index (χ0n) is 23.2. The highest BCUT2D eigenvalue weighted by Gasteiger charge is 2.32. The summed E-state index contributed by atoms with van der Waals surface area (Å²) in [6.07, 6.45) is 2.88. The molecule has 6 rings (SSSR count). The molecule has 1 amide bonds. The van der Waals surface area contributed by atoms with Gasteiger partial charge in [0, 0.05) is 36.7 Å². The maximum Gasteiger partial charge on any atom is 0.253 e. The minimum absolute atomic E-state index is 0.0119. The molecule has 5 aromatic rings. The highest BCUT2D eigenvalue weighted by atomic mass is 32.2. The third kappa shape index (κ3) is 7.15. The summed E-state index contributed by atoms with van der Waals surface area (Å²) >= 11 is 1.53. The van der Waals surface area contributed by atoms with Crippen molar-refractivity contribution in [2.45, 2.75) is 43.2 Å². The molecule has 43 heavy (non-hydrogen) atoms. The number of nitrogens with zero attached hydrogens (tertiary/aromatic N) is 5. The molecule has 3 aromatic carbocycles. The van der Waals surface area contributed by atoms with Gasteiger partial charge in [0.1, 0.15) is 0 Å². The Hall–Kier alpha value is -4.42. The molecule has 0 aliphatic carbocycles. The average Bonchev–Trinajstić information content (AvgIpc) is 3.56. The summed E-state index contributed by atoms with van der Waals surface area (Å²) in [5.74, 6) is 0.446. The summed E-state index contributed by atoms with van der Waals surface area (Å²) in [6, 6.07) is 28.9. The first-order chi connectivity index (χ1) is 21.2. The van der Waals surface area contributed by atoms with Crippen LogP contribution in [0.15, 0.2) is 109 Å². The molecule has 0 bridgehead atoms. The van der Waals surface area contributed by atoms with Crippen molar-refractivity contribution in [1.82, 2.24) is 30.5 Å². The van der Waals surface area contributed by atoms with Crippen LogP contribution in [-0.2, 0) is 22.6 Å². The first kappa shape index (κ1) is 28.7. The van der Waals surface area contributed by atoms with E-state index in [1.165, 1.54) is 11.8 Å². The van der Waals surface area contributed by atoms with Gasteiger partial charge in [-0.15, -0.1) is 5.10 Å². The van der Waals surface area contributed by atoms with E-state index in [0.717, 1.165) is 27.9 Å². The van der Waals surface area contributed by atoms with Gasteiger partial charge in [-0.05, 0) is 51.4 Å². The molecular weight excluding hydrogens is 564 g/mol. The van der Waals surface area contributed by atoms with Crippen LogP contribution in [0.5, 0.6) is 0 Å². The maximum absolute atomic E-state index is 12.4. The summed E-state index contributed by atoms with van der Waals surface area (Å²) in [5, 5.41) is 25.4. The van der Waals surface area contributed by atoms with Gasteiger partial charge in [-0.1, -0.05) is 78.5 Å². The summed E-state index contributed by atoms with van der Waals surface area (Å²) in [5.41, 5.74) is 5.10. The van der Waals surface area contributed by atoms with Crippen molar-refractivity contribution in [1.29, 1.82) is 0 Å². The number of nitrogens with one attached hydrogen (secondary N) is 1. The molecule has 218 valence electrons. The Labute approximate surface area is 253 Å². The fraction of sp³-hybridized carbons (Fsp3) is 0.219. The normalized spacial score (nSPS) is 18.3. The van der Waals surface area contributed by atoms with E-state index in [2.05, 4.69) is 25.8 Å². The lowest BCUT2D eigenvalue weighted by molar-refractivity contribution is -0.245. The highest BCUT2D eigenvalue weighted by molar-refractivity contribution is 7.99. The molecule has 1 aliphatic heterocycles. The van der Waals surface area contributed by atoms with Crippen LogP contribution in [0.25, 0.3) is 5.69 Å². The zero-order chi connectivity index (χ0) is 29.4. The van der Waals surface area contributed by atoms with Crippen LogP contribution in [-0.4, -0.2) is 48.1 Å². The summed E-state index contributed by atoms with van der Waals surface area (Å²) in [7, 11) is 0. The van der Waals surface area contributed by atoms with Crippen LogP contribution >= 0.6 is 11.8 Å². The van der Waals surface area contributed by atoms with Crippen molar-refractivity contribution in [2.24, 2.45) is 0 Å². The lowest BCUT2D eigenvalue weighted by Crippen LogP contribution is -2.31. The lowest BCUT2D eigenvalue weighted by Gasteiger charge is -2.36. The third-order valence-electron chi connectivity index (χ3n) is 7.08. The SMILES string of the molecule is O=C(NCc1ccc([C@H]2O[C@@H](CSc3nnnn3-c3ccccc3)C[C@@H](c3ccc(CO)cc3)O2)cc1)c1cccnc1. The van der Waals surface area contributed by atoms with Crippen molar-refractivity contribution >= 4 is 17.7 Å². The molecule has 1 fully saturated rings. The zero-order valence-corrected chi connectivity index (χ0v) is 24.0. The van der Waals surface area contributed by atoms with E-state index < -0.39 is 6.29 Å². The smallest absolute Gasteiger partial charge is 0.253 e. The molecule has 2 aromatic heterocycles. The van der Waals surface area contributed by atoms with Crippen molar-refractivity contribution in [2.75, 3.05) is 5.75 Å². The Morgan fingerprint density at radius 1 is 0.930 bits per heavy atom. The van der Waals surface area contributed by atoms with Crippen LogP contribution in [0.1, 0.15) is 51.4 Å². The Bertz CT molecular complexity index is 1620. The quantitative estimate of drug-likeness (QED) is 0.219. The van der Waals surface area contributed by atoms with Crippen LogP contribution < -0.4 is 5.32 Å². The number of hydrogen-bond acceptors (Lipinski definition) is 9. The summed E-state index contributed by atoms with van der Waals surface area (Å²) in [6.45, 7) is 0.373. The van der Waals surface area contributed by atoms with Gasteiger partial charge >= 0.3 is 0 Å². The Kier molecular flexibility index (Phi) is 9.14. The molecule has 1 aliphatic rings. The summed E-state index contributed by atoms with van der Waals surface area (Å²) < 4.78 is 14.7. The molecule has 1 saturated heterocycles. The standard InChI is InChI=1S/C32H30N6O4S/c39-20-23-10-12-24(13-11-23)29-17-28(21-43-32-35-36-37-38(32)27-6-2-1-3-7-27)41-31(42-29)25-14-8-22(9-15-25)18-34-30(40)26-5-4-16-33-19-26/h1-16,19,28-29,31,39H,17-18,20-21H2,(H,34,40)/t28-,29+,31+/m1/s1. The van der Waals surface area contributed by atoms with Gasteiger partial charge < -0.3 is 19.9 Å². The number of para-hydroxylation sites is 1. The van der Waals surface area contributed by atoms with E-state index in [9.17, 15) is 9.90 Å². The average molecular weight is 595 g/mol. The fourth-order valence-corrected chi connectivity index (χ4v) is 5.67. The largest absolute Gasteiger partial charge is 0.392 e. The van der Waals surface area contributed by atoms with E-state index in [-0.39, 0.29) is 24.7 Å². The number of aliphatic hydroxyl groups is 1. The van der Waals surface area contributed by atoms with Gasteiger partial charge in [0.2, 0.25) is 5.16 Å². The molecule has 0 saturated carbocycles. The predicted octanol–water partition coefficient (Wildman–Crippen LogP) is 4.82. The fourth-order valence-electron chi connectivity index (χ4n) is 4.76. The molecular formula is C32H30N6O4S. The number of hydrogen-bond donors (Lipinski definition) is 2. The molecule has 3 atom stereocenters. The Morgan fingerprint density at radius 3 is 2.44 bits per heavy atom. The Balaban J connectivity index is 1.16. The molecule has 10 nitrogen and oxygen atoms in total. The van der Waals surface area contributed by atoms with Crippen LogP contribution in [0.3, 0.4) is 0 Å². The second kappa shape index (κ2) is 13.7. The van der Waals surface area contributed by atoms with E-state index >= 15 is 0 Å².